The largest absolute Gasteiger partial charge is 0.334 e. The highest BCUT2D eigenvalue weighted by molar-refractivity contribution is 5.36. The summed E-state index contributed by atoms with van der Waals surface area (Å²) in [5.74, 6) is 1.10. The van der Waals surface area contributed by atoms with E-state index in [1.165, 1.54) is 16.7 Å². The molecule has 0 aliphatic rings. The quantitative estimate of drug-likeness (QED) is 0.870. The fourth-order valence-corrected chi connectivity index (χ4v) is 2.63. The Morgan fingerprint density at radius 3 is 2.70 bits per heavy atom. The predicted octanol–water partition coefficient (Wildman–Crippen LogP) is 3.61. The van der Waals surface area contributed by atoms with Gasteiger partial charge in [-0.25, -0.2) is 4.98 Å². The van der Waals surface area contributed by atoms with Gasteiger partial charge in [0.1, 0.15) is 5.82 Å². The van der Waals surface area contributed by atoms with Crippen molar-refractivity contribution in [2.45, 2.75) is 46.7 Å². The van der Waals surface area contributed by atoms with Gasteiger partial charge in [-0.1, -0.05) is 30.7 Å². The molecule has 0 saturated carbocycles. The summed E-state index contributed by atoms with van der Waals surface area (Å²) in [4.78, 5) is 4.58. The third-order valence-corrected chi connectivity index (χ3v) is 3.68. The lowest BCUT2D eigenvalue weighted by Gasteiger charge is -2.21. The molecule has 1 atom stereocenters. The molecule has 3 heteroatoms. The summed E-state index contributed by atoms with van der Waals surface area (Å²) >= 11 is 0. The van der Waals surface area contributed by atoms with E-state index in [0.717, 1.165) is 25.3 Å². The fourth-order valence-electron chi connectivity index (χ4n) is 2.63. The van der Waals surface area contributed by atoms with Crippen LogP contribution >= 0.6 is 0 Å². The van der Waals surface area contributed by atoms with Gasteiger partial charge in [0, 0.05) is 18.9 Å². The van der Waals surface area contributed by atoms with Crippen molar-refractivity contribution < 1.29 is 0 Å². The first-order valence-electron chi connectivity index (χ1n) is 7.48. The van der Waals surface area contributed by atoms with Gasteiger partial charge < -0.3 is 9.88 Å². The Kier molecular flexibility index (Phi) is 4.96. The third kappa shape index (κ3) is 3.10. The van der Waals surface area contributed by atoms with E-state index < -0.39 is 0 Å². The van der Waals surface area contributed by atoms with Gasteiger partial charge in [-0.15, -0.1) is 0 Å². The van der Waals surface area contributed by atoms with Crippen LogP contribution in [0.5, 0.6) is 0 Å². The van der Waals surface area contributed by atoms with Gasteiger partial charge in [0.05, 0.1) is 6.04 Å². The monoisotopic (exact) mass is 271 g/mol. The second-order valence-corrected chi connectivity index (χ2v) is 5.32. The van der Waals surface area contributed by atoms with E-state index in [0.29, 0.717) is 0 Å². The molecule has 0 radical (unpaired) electrons. The van der Waals surface area contributed by atoms with E-state index in [-0.39, 0.29) is 6.04 Å². The number of rotatable bonds is 6. The SMILES string of the molecule is CCCNC(c1ccc(C)cc1C)c1nccn1CC. The van der Waals surface area contributed by atoms with Gasteiger partial charge in [-0.2, -0.15) is 0 Å². The molecule has 0 aliphatic heterocycles. The maximum absolute atomic E-state index is 4.58. The first kappa shape index (κ1) is 14.8. The molecular weight excluding hydrogens is 246 g/mol. The zero-order valence-electron chi connectivity index (χ0n) is 13.0. The van der Waals surface area contributed by atoms with Crippen LogP contribution in [0.25, 0.3) is 0 Å². The summed E-state index contributed by atoms with van der Waals surface area (Å²) in [6.07, 6.45) is 5.07. The van der Waals surface area contributed by atoms with E-state index in [1.807, 2.05) is 6.20 Å². The molecule has 0 aliphatic carbocycles. The summed E-state index contributed by atoms with van der Waals surface area (Å²) < 4.78 is 2.21. The van der Waals surface area contributed by atoms with Crippen molar-refractivity contribution in [1.29, 1.82) is 0 Å². The molecule has 0 fully saturated rings. The molecule has 108 valence electrons. The van der Waals surface area contributed by atoms with Crippen molar-refractivity contribution >= 4 is 0 Å². The van der Waals surface area contributed by atoms with Crippen LogP contribution in [0, 0.1) is 13.8 Å². The van der Waals surface area contributed by atoms with Crippen LogP contribution in [0.2, 0.25) is 0 Å². The number of nitrogens with one attached hydrogen (secondary N) is 1. The van der Waals surface area contributed by atoms with Crippen LogP contribution in [-0.4, -0.2) is 16.1 Å². The minimum atomic E-state index is 0.172. The number of nitrogens with zero attached hydrogens (tertiary/aromatic N) is 2. The van der Waals surface area contributed by atoms with Gasteiger partial charge in [-0.05, 0) is 44.9 Å². The summed E-state index contributed by atoms with van der Waals surface area (Å²) in [6.45, 7) is 10.6. The maximum Gasteiger partial charge on any atom is 0.130 e. The Morgan fingerprint density at radius 2 is 2.05 bits per heavy atom. The van der Waals surface area contributed by atoms with E-state index in [9.17, 15) is 0 Å². The van der Waals surface area contributed by atoms with Crippen molar-refractivity contribution in [3.8, 4) is 0 Å². The van der Waals surface area contributed by atoms with Crippen LogP contribution < -0.4 is 5.32 Å². The highest BCUT2D eigenvalue weighted by Gasteiger charge is 2.19. The minimum Gasteiger partial charge on any atom is -0.334 e. The lowest BCUT2D eigenvalue weighted by atomic mass is 9.98. The molecule has 2 aromatic rings. The summed E-state index contributed by atoms with van der Waals surface area (Å²) in [7, 11) is 0. The molecule has 1 N–H and O–H groups in total. The second-order valence-electron chi connectivity index (χ2n) is 5.32. The van der Waals surface area contributed by atoms with Crippen LogP contribution in [0.15, 0.2) is 30.6 Å². The Labute approximate surface area is 122 Å². The lowest BCUT2D eigenvalue weighted by Crippen LogP contribution is -2.26. The first-order chi connectivity index (χ1) is 9.67. The second kappa shape index (κ2) is 6.71. The third-order valence-electron chi connectivity index (χ3n) is 3.68. The average molecular weight is 271 g/mol. The normalized spacial score (nSPS) is 12.6. The van der Waals surface area contributed by atoms with E-state index in [1.54, 1.807) is 0 Å². The van der Waals surface area contributed by atoms with Crippen LogP contribution in [0.3, 0.4) is 0 Å². The summed E-state index contributed by atoms with van der Waals surface area (Å²) in [5.41, 5.74) is 3.95. The van der Waals surface area contributed by atoms with Crippen molar-refractivity contribution in [1.82, 2.24) is 14.9 Å². The standard InChI is InChI=1S/C17H25N3/c1-5-9-18-16(17-19-10-11-20(17)6-2)15-8-7-13(3)12-14(15)4/h7-8,10-12,16,18H,5-6,9H2,1-4H3. The number of hydrogen-bond donors (Lipinski definition) is 1. The van der Waals surface area contributed by atoms with E-state index in [2.05, 4.69) is 67.0 Å². The van der Waals surface area contributed by atoms with Gasteiger partial charge in [0.2, 0.25) is 0 Å². The molecule has 0 amide bonds. The molecule has 3 nitrogen and oxygen atoms in total. The summed E-state index contributed by atoms with van der Waals surface area (Å²) in [6, 6.07) is 6.83. The maximum atomic E-state index is 4.58. The Hall–Kier alpha value is -1.61. The van der Waals surface area contributed by atoms with Crippen LogP contribution in [0.4, 0.5) is 0 Å². The van der Waals surface area contributed by atoms with E-state index in [4.69, 9.17) is 0 Å². The molecule has 0 saturated heterocycles. The molecule has 0 bridgehead atoms. The lowest BCUT2D eigenvalue weighted by molar-refractivity contribution is 0.540. The fraction of sp³-hybridized carbons (Fsp3) is 0.471. The number of hydrogen-bond acceptors (Lipinski definition) is 2. The van der Waals surface area contributed by atoms with Gasteiger partial charge in [-0.3, -0.25) is 0 Å². The van der Waals surface area contributed by atoms with Crippen LogP contribution in [-0.2, 0) is 6.54 Å². The number of imidazole rings is 1. The van der Waals surface area contributed by atoms with Crippen molar-refractivity contribution in [3.63, 3.8) is 0 Å². The average Bonchev–Trinajstić information content (AvgIpc) is 2.89. The molecule has 20 heavy (non-hydrogen) atoms. The Bertz CT molecular complexity index is 557. The highest BCUT2D eigenvalue weighted by Crippen LogP contribution is 2.24. The highest BCUT2D eigenvalue weighted by atomic mass is 15.1. The Balaban J connectivity index is 2.41. The van der Waals surface area contributed by atoms with Crippen molar-refractivity contribution in [2.24, 2.45) is 0 Å². The molecule has 1 aromatic heterocycles. The predicted molar refractivity (Wildman–Crippen MR) is 84.0 cm³/mol. The van der Waals surface area contributed by atoms with Gasteiger partial charge in [0.25, 0.3) is 0 Å². The molecule has 1 heterocycles. The molecule has 2 rings (SSSR count). The zero-order chi connectivity index (χ0) is 14.5. The Morgan fingerprint density at radius 1 is 1.25 bits per heavy atom. The molecule has 1 aromatic carbocycles. The summed E-state index contributed by atoms with van der Waals surface area (Å²) in [5, 5.41) is 3.64. The topological polar surface area (TPSA) is 29.9 Å². The van der Waals surface area contributed by atoms with E-state index >= 15 is 0 Å². The van der Waals surface area contributed by atoms with Crippen molar-refractivity contribution in [2.75, 3.05) is 6.54 Å². The molecule has 0 spiro atoms. The molecular formula is C17H25N3. The van der Waals surface area contributed by atoms with Crippen LogP contribution in [0.1, 0.15) is 48.8 Å². The number of aryl methyl sites for hydroxylation is 3. The number of benzene rings is 1. The zero-order valence-corrected chi connectivity index (χ0v) is 13.0. The van der Waals surface area contributed by atoms with Crippen molar-refractivity contribution in [3.05, 3.63) is 53.1 Å². The number of aromatic nitrogens is 2. The first-order valence-corrected chi connectivity index (χ1v) is 7.48. The van der Waals surface area contributed by atoms with Gasteiger partial charge >= 0.3 is 0 Å². The minimum absolute atomic E-state index is 0.172. The smallest absolute Gasteiger partial charge is 0.130 e. The van der Waals surface area contributed by atoms with Gasteiger partial charge in [0.15, 0.2) is 0 Å². The molecule has 1 unspecified atom stereocenters.